The summed E-state index contributed by atoms with van der Waals surface area (Å²) in [7, 11) is 0. The van der Waals surface area contributed by atoms with Crippen LogP contribution in [-0.2, 0) is 32.2 Å². The Morgan fingerprint density at radius 2 is 1.00 bits per heavy atom. The van der Waals surface area contributed by atoms with Gasteiger partial charge in [0.2, 0.25) is 0 Å². The van der Waals surface area contributed by atoms with Crippen molar-refractivity contribution in [2.45, 2.75) is 123 Å². The van der Waals surface area contributed by atoms with E-state index in [4.69, 9.17) is 19.6 Å². The maximum Gasteiger partial charge on any atom is 0.382 e. The molecule has 2 aromatic rings. The molecule has 0 N–H and O–H groups in total. The highest BCUT2D eigenvalue weighted by Crippen LogP contribution is 2.23. The molecule has 0 heterocycles. The molecule has 0 aliphatic heterocycles. The molecule has 41 heavy (non-hydrogen) atoms. The highest BCUT2D eigenvalue weighted by Gasteiger charge is 2.18. The summed E-state index contributed by atoms with van der Waals surface area (Å²) in [5, 5.41) is 0. The van der Waals surface area contributed by atoms with E-state index in [2.05, 4.69) is 20.4 Å². The Balaban J connectivity index is 1.71. The van der Waals surface area contributed by atoms with Gasteiger partial charge in [-0.15, -0.1) is 0 Å². The summed E-state index contributed by atoms with van der Waals surface area (Å²) >= 11 is 0. The lowest BCUT2D eigenvalue weighted by Gasteiger charge is -2.11. The van der Waals surface area contributed by atoms with Gasteiger partial charge in [0.25, 0.3) is 0 Å². The van der Waals surface area contributed by atoms with Crippen LogP contribution in [0.3, 0.4) is 0 Å². The smallest absolute Gasteiger partial charge is 0.287 e. The van der Waals surface area contributed by atoms with Crippen LogP contribution in [0.4, 0.5) is 0 Å². The Labute approximate surface area is 247 Å². The first kappa shape index (κ1) is 33.9. The Kier molecular flexibility index (Phi) is 17.8. The molecule has 0 aliphatic carbocycles. The third kappa shape index (κ3) is 14.8. The van der Waals surface area contributed by atoms with E-state index < -0.39 is 11.9 Å². The summed E-state index contributed by atoms with van der Waals surface area (Å²) in [5.74, 6) is -0.576. The maximum absolute atomic E-state index is 12.4. The zero-order valence-electron chi connectivity index (χ0n) is 25.3. The minimum Gasteiger partial charge on any atom is -0.287 e. The maximum atomic E-state index is 12.4. The van der Waals surface area contributed by atoms with Crippen molar-refractivity contribution < 1.29 is 29.1 Å². The van der Waals surface area contributed by atoms with E-state index in [1.165, 1.54) is 64.2 Å². The summed E-state index contributed by atoms with van der Waals surface area (Å²) in [6, 6.07) is 15.0. The van der Waals surface area contributed by atoms with Crippen LogP contribution in [0.15, 0.2) is 60.7 Å². The van der Waals surface area contributed by atoms with E-state index in [1.807, 2.05) is 36.4 Å². The Morgan fingerprint density at radius 1 is 0.585 bits per heavy atom. The number of para-hydroxylation sites is 2. The molecule has 0 radical (unpaired) electrons. The highest BCUT2D eigenvalue weighted by atomic mass is 17.2. The number of aryl methyl sites for hydroxylation is 2. The molecule has 0 unspecified atom stereocenters. The Bertz CT molecular complexity index is 1030. The number of unbranched alkanes of at least 4 members (excludes halogenated alkanes) is 12. The van der Waals surface area contributed by atoms with E-state index >= 15 is 0 Å². The topological polar surface area (TPSA) is 71.1 Å². The monoisotopic (exact) mass is 566 g/mol. The number of hydrogen-bond acceptors (Lipinski definition) is 6. The van der Waals surface area contributed by atoms with Gasteiger partial charge in [0, 0.05) is 5.57 Å². The van der Waals surface area contributed by atoms with E-state index in [-0.39, 0.29) is 12.0 Å². The lowest BCUT2D eigenvalue weighted by Crippen LogP contribution is -2.16. The molecule has 0 atom stereocenters. The van der Waals surface area contributed by atoms with Gasteiger partial charge in [-0.05, 0) is 48.9 Å². The van der Waals surface area contributed by atoms with Crippen molar-refractivity contribution in [2.75, 3.05) is 0 Å². The van der Waals surface area contributed by atoms with Gasteiger partial charge in [0.1, 0.15) is 0 Å². The number of carbonyl (C=O) groups is 2. The fourth-order valence-corrected chi connectivity index (χ4v) is 4.64. The van der Waals surface area contributed by atoms with Crippen molar-refractivity contribution in [1.29, 1.82) is 0 Å². The largest absolute Gasteiger partial charge is 0.382 e. The van der Waals surface area contributed by atoms with E-state index in [9.17, 15) is 9.59 Å². The molecular weight excluding hydrogens is 516 g/mol. The molecule has 0 spiro atoms. The first-order valence-corrected chi connectivity index (χ1v) is 15.6. The SMILES string of the molecule is C=C(CC(=O)OOc1ccccc1CCCCCCCCC)C(=O)OOc1ccccc1CCCCCCCCC. The van der Waals surface area contributed by atoms with Crippen molar-refractivity contribution in [2.24, 2.45) is 0 Å². The molecule has 2 aromatic carbocycles. The van der Waals surface area contributed by atoms with Crippen LogP contribution in [0.1, 0.15) is 121 Å². The normalized spacial score (nSPS) is 10.7. The molecule has 0 bridgehead atoms. The molecular formula is C35H50O6. The number of benzene rings is 2. The zero-order chi connectivity index (χ0) is 29.5. The molecule has 0 saturated carbocycles. The third-order valence-electron chi connectivity index (χ3n) is 7.12. The van der Waals surface area contributed by atoms with Crippen LogP contribution in [0.2, 0.25) is 0 Å². The summed E-state index contributed by atoms with van der Waals surface area (Å²) < 4.78 is 0. The summed E-state index contributed by atoms with van der Waals surface area (Å²) in [5.41, 5.74) is 1.87. The van der Waals surface area contributed by atoms with Crippen molar-refractivity contribution in [1.82, 2.24) is 0 Å². The van der Waals surface area contributed by atoms with Crippen molar-refractivity contribution in [3.63, 3.8) is 0 Å². The average molecular weight is 567 g/mol. The van der Waals surface area contributed by atoms with Gasteiger partial charge in [-0.25, -0.2) is 14.5 Å². The van der Waals surface area contributed by atoms with Gasteiger partial charge in [-0.1, -0.05) is 134 Å². The third-order valence-corrected chi connectivity index (χ3v) is 7.12. The van der Waals surface area contributed by atoms with Crippen LogP contribution in [0.5, 0.6) is 11.5 Å². The van der Waals surface area contributed by atoms with Crippen LogP contribution >= 0.6 is 0 Å². The lowest BCUT2D eigenvalue weighted by atomic mass is 10.0. The van der Waals surface area contributed by atoms with Gasteiger partial charge < -0.3 is 0 Å². The summed E-state index contributed by atoms with van der Waals surface area (Å²) in [6.07, 6.45) is 18.4. The van der Waals surface area contributed by atoms with Gasteiger partial charge in [-0.2, -0.15) is 0 Å². The summed E-state index contributed by atoms with van der Waals surface area (Å²) in [6.45, 7) is 8.10. The van der Waals surface area contributed by atoms with Crippen LogP contribution < -0.4 is 9.78 Å². The minimum absolute atomic E-state index is 0.0838. The average Bonchev–Trinajstić information content (AvgIpc) is 2.98. The molecule has 6 nitrogen and oxygen atoms in total. The van der Waals surface area contributed by atoms with Crippen LogP contribution in [0.25, 0.3) is 0 Å². The van der Waals surface area contributed by atoms with Crippen molar-refractivity contribution in [3.05, 3.63) is 71.8 Å². The van der Waals surface area contributed by atoms with Gasteiger partial charge in [0.15, 0.2) is 11.5 Å². The van der Waals surface area contributed by atoms with E-state index in [0.29, 0.717) is 11.5 Å². The molecule has 2 rings (SSSR count). The molecule has 6 heteroatoms. The van der Waals surface area contributed by atoms with E-state index in [0.717, 1.165) is 49.7 Å². The Hall–Kier alpha value is -3.28. The van der Waals surface area contributed by atoms with Crippen LogP contribution in [0, 0.1) is 0 Å². The fourth-order valence-electron chi connectivity index (χ4n) is 4.64. The van der Waals surface area contributed by atoms with Gasteiger partial charge in [-0.3, -0.25) is 14.7 Å². The minimum atomic E-state index is -0.827. The first-order chi connectivity index (χ1) is 20.0. The first-order valence-electron chi connectivity index (χ1n) is 15.6. The number of rotatable bonds is 23. The fraction of sp³-hybridized carbons (Fsp3) is 0.543. The highest BCUT2D eigenvalue weighted by molar-refractivity contribution is 5.92. The Morgan fingerprint density at radius 3 is 1.49 bits per heavy atom. The molecule has 226 valence electrons. The zero-order valence-corrected chi connectivity index (χ0v) is 25.3. The van der Waals surface area contributed by atoms with Crippen LogP contribution in [-0.4, -0.2) is 11.9 Å². The number of hydrogen-bond donors (Lipinski definition) is 0. The molecule has 0 saturated heterocycles. The van der Waals surface area contributed by atoms with Crippen molar-refractivity contribution >= 4 is 11.9 Å². The number of carbonyl (C=O) groups excluding carboxylic acids is 2. The van der Waals surface area contributed by atoms with Crippen molar-refractivity contribution in [3.8, 4) is 11.5 Å². The molecule has 0 amide bonds. The van der Waals surface area contributed by atoms with Gasteiger partial charge in [0.05, 0.1) is 6.42 Å². The second kappa shape index (κ2) is 21.5. The second-order valence-corrected chi connectivity index (χ2v) is 10.7. The van der Waals surface area contributed by atoms with E-state index in [1.54, 1.807) is 12.1 Å². The quantitative estimate of drug-likeness (QED) is 0.0577. The van der Waals surface area contributed by atoms with Gasteiger partial charge >= 0.3 is 11.9 Å². The molecule has 0 fully saturated rings. The lowest BCUT2D eigenvalue weighted by molar-refractivity contribution is -0.216. The predicted molar refractivity (Wildman–Crippen MR) is 163 cm³/mol. The second-order valence-electron chi connectivity index (χ2n) is 10.7. The molecule has 0 aromatic heterocycles. The predicted octanol–water partition coefficient (Wildman–Crippen LogP) is 9.59. The summed E-state index contributed by atoms with van der Waals surface area (Å²) in [4.78, 5) is 45.4. The molecule has 0 aliphatic rings. The standard InChI is InChI=1S/C35H50O6/c1-4-6-8-10-12-14-16-22-30-24-18-20-26-32(30)38-40-34(36)28-29(3)35(37)41-39-33-27-21-19-25-31(33)23-17-15-13-11-9-7-5-2/h18-21,24-27H,3-17,22-23,28H2,1-2H3.